The molecule has 0 aliphatic rings. The molecule has 0 fully saturated rings. The summed E-state index contributed by atoms with van der Waals surface area (Å²) in [5.41, 5.74) is 29.4. The molecule has 0 aliphatic heterocycles. The van der Waals surface area contributed by atoms with Gasteiger partial charge in [-0.15, -0.1) is 0 Å². The number of rotatable bonds is 4. The normalized spacial score (nSPS) is 13.2. The molecule has 9 nitrogen and oxygen atoms in total. The summed E-state index contributed by atoms with van der Waals surface area (Å²) in [6.45, 7) is 0. The Hall–Kier alpha value is -0.220. The number of hydrogen-bond acceptors (Lipinski definition) is 9. The van der Waals surface area contributed by atoms with E-state index in [1.807, 2.05) is 0 Å². The first-order valence-electron chi connectivity index (χ1n) is 2.69. The summed E-state index contributed by atoms with van der Waals surface area (Å²) in [6.07, 6.45) is 0. The summed E-state index contributed by atoms with van der Waals surface area (Å²) in [7, 11) is -2.76. The van der Waals surface area contributed by atoms with Gasteiger partial charge in [-0.2, -0.15) is 0 Å². The van der Waals surface area contributed by atoms with E-state index in [1.165, 1.54) is 0 Å². The van der Waals surface area contributed by atoms with E-state index in [0.29, 0.717) is 0 Å². The van der Waals surface area contributed by atoms with E-state index in [2.05, 4.69) is 9.05 Å². The molecule has 0 amide bonds. The third kappa shape index (κ3) is 7.88. The van der Waals surface area contributed by atoms with Crippen molar-refractivity contribution < 1.29 is 13.6 Å². The Labute approximate surface area is 69.2 Å². The molecule has 12 heavy (non-hydrogen) atoms. The van der Waals surface area contributed by atoms with Gasteiger partial charge in [0.25, 0.3) is 11.9 Å². The highest BCUT2D eigenvalue weighted by Gasteiger charge is 2.37. The van der Waals surface area contributed by atoms with Crippen LogP contribution in [-0.2, 0) is 13.6 Å². The highest BCUT2D eigenvalue weighted by Crippen LogP contribution is 2.26. The predicted molar refractivity (Wildman–Crippen MR) is 40.4 cm³/mol. The molecule has 0 aromatic carbocycles. The van der Waals surface area contributed by atoms with Crippen molar-refractivity contribution in [2.45, 2.75) is 11.9 Å². The first-order valence-corrected chi connectivity index (χ1v) is 3.78. The average Bonchev–Trinajstić information content (AvgIpc) is 1.49. The minimum absolute atomic E-state index is 2.08. The maximum absolute atomic E-state index is 10.7. The molecule has 0 radical (unpaired) electrons. The van der Waals surface area contributed by atoms with Gasteiger partial charge in [-0.25, -0.2) is 0 Å². The van der Waals surface area contributed by atoms with Gasteiger partial charge < -0.3 is 0 Å². The Morgan fingerprint density at radius 3 is 1.25 bits per heavy atom. The molecule has 12 N–H and O–H groups in total. The first-order chi connectivity index (χ1) is 5.10. The maximum atomic E-state index is 10.7. The van der Waals surface area contributed by atoms with Gasteiger partial charge in [0.2, 0.25) is 0 Å². The van der Waals surface area contributed by atoms with Crippen LogP contribution in [0.25, 0.3) is 0 Å². The van der Waals surface area contributed by atoms with Crippen molar-refractivity contribution in [1.82, 2.24) is 0 Å². The molecular weight excluding hydrogens is 187 g/mol. The van der Waals surface area contributed by atoms with E-state index in [1.54, 1.807) is 0 Å². The van der Waals surface area contributed by atoms with Crippen molar-refractivity contribution in [2.75, 3.05) is 0 Å². The molecular formula is C2H12N6O3P+. The Bertz CT molecular complexity index is 153. The molecule has 0 aliphatic carbocycles. The van der Waals surface area contributed by atoms with Gasteiger partial charge in [0, 0.05) is 4.57 Å². The van der Waals surface area contributed by atoms with Gasteiger partial charge in [-0.3, -0.25) is 34.4 Å². The van der Waals surface area contributed by atoms with E-state index in [-0.39, 0.29) is 0 Å². The molecule has 0 saturated carbocycles. The molecule has 0 heterocycles. The molecule has 0 saturated heterocycles. The van der Waals surface area contributed by atoms with E-state index >= 15 is 0 Å². The van der Waals surface area contributed by atoms with E-state index in [0.717, 1.165) is 0 Å². The third-order valence-electron chi connectivity index (χ3n) is 0.465. The lowest BCUT2D eigenvalue weighted by molar-refractivity contribution is 0.0283. The summed E-state index contributed by atoms with van der Waals surface area (Å²) in [6, 6.07) is 0. The Kier molecular flexibility index (Phi) is 3.59. The molecule has 0 aromatic heterocycles. The molecule has 0 spiro atoms. The van der Waals surface area contributed by atoms with E-state index < -0.39 is 20.2 Å². The highest BCUT2D eigenvalue weighted by molar-refractivity contribution is 7.33. The lowest BCUT2D eigenvalue weighted by Crippen LogP contribution is -2.61. The van der Waals surface area contributed by atoms with Gasteiger partial charge in [-0.1, -0.05) is 9.05 Å². The van der Waals surface area contributed by atoms with Gasteiger partial charge >= 0.3 is 8.25 Å². The number of nitrogens with two attached hydrogens (primary N) is 6. The largest absolute Gasteiger partial charge is 0.707 e. The van der Waals surface area contributed by atoms with Crippen LogP contribution in [-0.4, -0.2) is 11.9 Å². The van der Waals surface area contributed by atoms with Crippen LogP contribution in [0.1, 0.15) is 0 Å². The molecule has 0 atom stereocenters. The Morgan fingerprint density at radius 1 is 0.833 bits per heavy atom. The fraction of sp³-hybridized carbons (Fsp3) is 1.00. The van der Waals surface area contributed by atoms with Crippen LogP contribution in [0.2, 0.25) is 0 Å². The van der Waals surface area contributed by atoms with E-state index in [9.17, 15) is 4.57 Å². The molecule has 0 bridgehead atoms. The van der Waals surface area contributed by atoms with Gasteiger partial charge in [0.05, 0.1) is 0 Å². The smallest absolute Gasteiger partial charge is 0.274 e. The van der Waals surface area contributed by atoms with Crippen molar-refractivity contribution in [2.24, 2.45) is 34.4 Å². The zero-order chi connectivity index (χ0) is 9.99. The third-order valence-corrected chi connectivity index (χ3v) is 1.40. The van der Waals surface area contributed by atoms with Crippen LogP contribution in [0.3, 0.4) is 0 Å². The van der Waals surface area contributed by atoms with Gasteiger partial charge in [-0.05, 0) is 0 Å². The van der Waals surface area contributed by atoms with E-state index in [4.69, 9.17) is 34.4 Å². The zero-order valence-electron chi connectivity index (χ0n) is 6.14. The molecule has 72 valence electrons. The quantitative estimate of drug-likeness (QED) is 0.198. The fourth-order valence-electron chi connectivity index (χ4n) is 0.277. The standard InChI is InChI=1S/C2H12N6O3P/c3-1(4,5)10-12(9)11-2(6,7)8/h3-8H2/q+1. The lowest BCUT2D eigenvalue weighted by atomic mass is 10.9. The molecule has 0 unspecified atom stereocenters. The molecule has 0 aromatic rings. The van der Waals surface area contributed by atoms with Crippen molar-refractivity contribution in [3.8, 4) is 0 Å². The second kappa shape index (κ2) is 3.66. The maximum Gasteiger partial charge on any atom is 0.707 e. The summed E-state index contributed by atoms with van der Waals surface area (Å²) in [5, 5.41) is 0. The second-order valence-corrected chi connectivity index (χ2v) is 2.93. The minimum Gasteiger partial charge on any atom is -0.274 e. The summed E-state index contributed by atoms with van der Waals surface area (Å²) < 4.78 is 19.1. The van der Waals surface area contributed by atoms with Crippen LogP contribution < -0.4 is 34.4 Å². The SMILES string of the molecule is NC(N)(N)O[P+](=O)OC(N)(N)N. The van der Waals surface area contributed by atoms with Crippen LogP contribution in [0.4, 0.5) is 0 Å². The fourth-order valence-corrected chi connectivity index (χ4v) is 0.830. The van der Waals surface area contributed by atoms with Crippen LogP contribution in [0.15, 0.2) is 0 Å². The van der Waals surface area contributed by atoms with Crippen LogP contribution in [0.5, 0.6) is 0 Å². The summed E-state index contributed by atoms with van der Waals surface area (Å²) in [5.74, 6) is -4.17. The van der Waals surface area contributed by atoms with Crippen molar-refractivity contribution in [3.05, 3.63) is 0 Å². The van der Waals surface area contributed by atoms with Crippen molar-refractivity contribution in [3.63, 3.8) is 0 Å². The molecule has 0 rings (SSSR count). The average molecular weight is 199 g/mol. The van der Waals surface area contributed by atoms with Crippen LogP contribution in [0, 0.1) is 0 Å². The Balaban J connectivity index is 3.92. The minimum atomic E-state index is -2.76. The molecule has 10 heteroatoms. The zero-order valence-corrected chi connectivity index (χ0v) is 7.03. The predicted octanol–water partition coefficient (Wildman–Crippen LogP) is -3.35. The topological polar surface area (TPSA) is 192 Å². The Morgan fingerprint density at radius 2 is 1.08 bits per heavy atom. The summed E-state index contributed by atoms with van der Waals surface area (Å²) in [4.78, 5) is 0. The van der Waals surface area contributed by atoms with Crippen molar-refractivity contribution >= 4 is 8.25 Å². The van der Waals surface area contributed by atoms with Gasteiger partial charge in [0.1, 0.15) is 0 Å². The summed E-state index contributed by atoms with van der Waals surface area (Å²) >= 11 is 0. The monoisotopic (exact) mass is 199 g/mol. The number of hydrogen-bond donors (Lipinski definition) is 6. The lowest BCUT2D eigenvalue weighted by Gasteiger charge is -2.12. The van der Waals surface area contributed by atoms with Crippen LogP contribution >= 0.6 is 8.25 Å². The van der Waals surface area contributed by atoms with Crippen molar-refractivity contribution in [1.29, 1.82) is 0 Å². The highest BCUT2D eigenvalue weighted by atomic mass is 31.1. The van der Waals surface area contributed by atoms with Gasteiger partial charge in [0.15, 0.2) is 0 Å². The first kappa shape index (κ1) is 11.8. The second-order valence-electron chi connectivity index (χ2n) is 2.11.